The molecular weight excluding hydrogens is 618 g/mol. The lowest BCUT2D eigenvalue weighted by Crippen LogP contribution is -2.66. The van der Waals surface area contributed by atoms with Crippen molar-refractivity contribution in [1.82, 2.24) is 25.2 Å². The van der Waals surface area contributed by atoms with E-state index in [0.717, 1.165) is 51.4 Å². The van der Waals surface area contributed by atoms with Gasteiger partial charge in [0, 0.05) is 30.6 Å². The summed E-state index contributed by atoms with van der Waals surface area (Å²) in [5.74, 6) is 1.13. The highest BCUT2D eigenvalue weighted by atomic mass is 16.5. The third-order valence-corrected chi connectivity index (χ3v) is 11.6. The molecule has 4 saturated carbocycles. The third-order valence-electron chi connectivity index (χ3n) is 11.6. The maximum atomic E-state index is 13.8. The van der Waals surface area contributed by atoms with Crippen molar-refractivity contribution in [2.75, 3.05) is 32.8 Å². The molecule has 6 unspecified atom stereocenters. The Morgan fingerprint density at radius 1 is 1.17 bits per heavy atom. The lowest BCUT2D eigenvalue weighted by molar-refractivity contribution is -0.193. The van der Waals surface area contributed by atoms with Gasteiger partial charge in [0.1, 0.15) is 24.4 Å². The Kier molecular flexibility index (Phi) is 13.0. The van der Waals surface area contributed by atoms with Gasteiger partial charge in [-0.1, -0.05) is 31.4 Å². The van der Waals surface area contributed by atoms with Crippen LogP contribution in [0, 0.1) is 40.4 Å². The number of nitrogens with zero attached hydrogens (tertiary/aromatic N) is 5. The molecule has 0 spiro atoms. The zero-order chi connectivity index (χ0) is 34.4. The molecule has 14 heteroatoms. The van der Waals surface area contributed by atoms with Crippen LogP contribution in [-0.4, -0.2) is 127 Å². The second-order valence-electron chi connectivity index (χ2n) is 15.0. The number of carbonyl (C=O) groups is 1. The summed E-state index contributed by atoms with van der Waals surface area (Å²) in [5.41, 5.74) is 7.18. The number of nitrogens with two attached hydrogens (primary N) is 1. The van der Waals surface area contributed by atoms with E-state index in [-0.39, 0.29) is 24.3 Å². The standard InChI is InChI=1S/C34H57N7O7/c1-2-3-4-5-8-40(19-27(43)30(46)31(47)28(44)20-42)17-24-18-41(39-38-24)9-10-48-33-23-12-21-11-22(13-23)15-34(33,14-21)32(36)29(45)25-6-7-37-26(25)16-35/h18,21-23,25-28,30-33,37,42-44,46-47H,2-15,17,19-20,36H2,1H3/t21-,22?,23?,25+,26?,27-,28+,30+,31+,32?,33?,34?/m0/s1. The molecule has 48 heavy (non-hydrogen) atoms. The number of carbonyl (C=O) groups excluding carboxylic acids is 1. The first-order valence-electron chi connectivity index (χ1n) is 18.1. The van der Waals surface area contributed by atoms with Crippen LogP contribution in [0.5, 0.6) is 0 Å². The highest BCUT2D eigenvalue weighted by Gasteiger charge is 2.62. The number of unbranched alkanes of at least 4 members (excludes halogenated alkanes) is 3. The number of aliphatic hydroxyl groups excluding tert-OH is 5. The molecule has 5 fully saturated rings. The summed E-state index contributed by atoms with van der Waals surface area (Å²) in [5, 5.41) is 71.3. The van der Waals surface area contributed by atoms with E-state index in [1.165, 1.54) is 6.42 Å². The minimum absolute atomic E-state index is 0.000937. The molecule has 2 heterocycles. The van der Waals surface area contributed by atoms with E-state index in [4.69, 9.17) is 15.6 Å². The number of nitriles is 1. The Bertz CT molecular complexity index is 1210. The molecule has 1 aromatic rings. The maximum Gasteiger partial charge on any atom is 0.155 e. The molecule has 4 bridgehead atoms. The van der Waals surface area contributed by atoms with Crippen molar-refractivity contribution >= 4 is 5.78 Å². The predicted molar refractivity (Wildman–Crippen MR) is 175 cm³/mol. The largest absolute Gasteiger partial charge is 0.394 e. The number of ether oxygens (including phenoxy) is 1. The first-order chi connectivity index (χ1) is 23.1. The van der Waals surface area contributed by atoms with E-state index in [9.17, 15) is 30.5 Å². The lowest BCUT2D eigenvalue weighted by Gasteiger charge is -2.62. The molecule has 1 saturated heterocycles. The Hall–Kier alpha value is -2.06. The van der Waals surface area contributed by atoms with E-state index in [1.54, 1.807) is 4.68 Å². The number of hydrogen-bond donors (Lipinski definition) is 7. The van der Waals surface area contributed by atoms with E-state index < -0.39 is 48.5 Å². The molecule has 4 aliphatic carbocycles. The molecule has 270 valence electrons. The van der Waals surface area contributed by atoms with Crippen molar-refractivity contribution < 1.29 is 35.1 Å². The molecule has 14 nitrogen and oxygen atoms in total. The Morgan fingerprint density at radius 2 is 1.90 bits per heavy atom. The van der Waals surface area contributed by atoms with Crippen LogP contribution in [0.15, 0.2) is 6.20 Å². The van der Waals surface area contributed by atoms with Gasteiger partial charge >= 0.3 is 0 Å². The van der Waals surface area contributed by atoms with Crippen LogP contribution in [0.2, 0.25) is 0 Å². The van der Waals surface area contributed by atoms with Crippen LogP contribution in [-0.2, 0) is 22.6 Å². The third kappa shape index (κ3) is 8.28. The van der Waals surface area contributed by atoms with Crippen LogP contribution in [0.25, 0.3) is 0 Å². The summed E-state index contributed by atoms with van der Waals surface area (Å²) < 4.78 is 8.40. The Morgan fingerprint density at radius 3 is 2.58 bits per heavy atom. The van der Waals surface area contributed by atoms with Crippen LogP contribution >= 0.6 is 0 Å². The molecule has 0 radical (unpaired) electrons. The fraction of sp³-hybridized carbons (Fsp3) is 0.882. The van der Waals surface area contributed by atoms with Gasteiger partial charge in [0.2, 0.25) is 0 Å². The highest BCUT2D eigenvalue weighted by Crippen LogP contribution is 2.62. The summed E-state index contributed by atoms with van der Waals surface area (Å²) >= 11 is 0. The SMILES string of the molecule is CCCCCCN(Cc1cn(CCOC2C3CC4C[C@@H](C3)CC2(C(N)C(=O)[C@@H]2CCNC2C#N)C4)nn1)C[C@H](O)[C@@H](O)[C@H](O)[C@H](O)CO. The molecule has 1 aliphatic heterocycles. The Balaban J connectivity index is 1.19. The van der Waals surface area contributed by atoms with Crippen molar-refractivity contribution in [1.29, 1.82) is 5.26 Å². The fourth-order valence-electron chi connectivity index (χ4n) is 9.40. The number of Topliss-reactive ketones (excluding diaryl/α,β-unsaturated/α-hetero) is 1. The number of aromatic nitrogens is 3. The minimum atomic E-state index is -1.68. The molecule has 0 amide bonds. The van der Waals surface area contributed by atoms with E-state index in [0.29, 0.717) is 62.7 Å². The summed E-state index contributed by atoms with van der Waals surface area (Å²) in [6, 6.07) is 1.12. The van der Waals surface area contributed by atoms with Gasteiger partial charge < -0.3 is 41.3 Å². The van der Waals surface area contributed by atoms with Crippen LogP contribution < -0.4 is 11.1 Å². The van der Waals surface area contributed by atoms with Crippen LogP contribution in [0.1, 0.15) is 76.8 Å². The first kappa shape index (κ1) is 37.2. The maximum absolute atomic E-state index is 13.8. The normalized spacial score (nSPS) is 32.6. The van der Waals surface area contributed by atoms with E-state index in [1.807, 2.05) is 11.1 Å². The minimum Gasteiger partial charge on any atom is -0.394 e. The van der Waals surface area contributed by atoms with Gasteiger partial charge in [0.15, 0.2) is 5.78 Å². The summed E-state index contributed by atoms with van der Waals surface area (Å²) in [7, 11) is 0. The van der Waals surface area contributed by atoms with Gasteiger partial charge in [-0.3, -0.25) is 9.69 Å². The molecule has 6 rings (SSSR count). The molecule has 12 atom stereocenters. The average Bonchev–Trinajstić information content (AvgIpc) is 3.75. The summed E-state index contributed by atoms with van der Waals surface area (Å²) in [4.78, 5) is 15.7. The van der Waals surface area contributed by atoms with Gasteiger partial charge in [-0.15, -0.1) is 5.10 Å². The van der Waals surface area contributed by atoms with Crippen molar-refractivity contribution in [3.05, 3.63) is 11.9 Å². The van der Waals surface area contributed by atoms with Crippen molar-refractivity contribution in [3.63, 3.8) is 0 Å². The second kappa shape index (κ2) is 16.8. The van der Waals surface area contributed by atoms with E-state index >= 15 is 0 Å². The quantitative estimate of drug-likeness (QED) is 0.0884. The van der Waals surface area contributed by atoms with Gasteiger partial charge in [-0.25, -0.2) is 4.68 Å². The Labute approximate surface area is 283 Å². The zero-order valence-electron chi connectivity index (χ0n) is 28.3. The van der Waals surface area contributed by atoms with Crippen LogP contribution in [0.4, 0.5) is 0 Å². The van der Waals surface area contributed by atoms with Crippen molar-refractivity contribution in [2.45, 2.75) is 127 Å². The smallest absolute Gasteiger partial charge is 0.155 e. The van der Waals surface area contributed by atoms with E-state index in [2.05, 4.69) is 28.6 Å². The monoisotopic (exact) mass is 675 g/mol. The molecular formula is C34H57N7O7. The first-order valence-corrected chi connectivity index (χ1v) is 18.1. The zero-order valence-corrected chi connectivity index (χ0v) is 28.3. The van der Waals surface area contributed by atoms with Crippen molar-refractivity contribution in [2.24, 2.45) is 34.8 Å². The molecule has 5 aliphatic rings. The van der Waals surface area contributed by atoms with Gasteiger partial charge in [-0.05, 0) is 75.8 Å². The topological polar surface area (TPSA) is 223 Å². The average molecular weight is 676 g/mol. The van der Waals surface area contributed by atoms with Crippen molar-refractivity contribution in [3.8, 4) is 6.07 Å². The summed E-state index contributed by atoms with van der Waals surface area (Å²) in [6.45, 7) is 3.95. The van der Waals surface area contributed by atoms with Crippen LogP contribution in [0.3, 0.4) is 0 Å². The number of aliphatic hydroxyl groups is 5. The number of nitrogens with one attached hydrogen (secondary N) is 1. The molecule has 0 aromatic carbocycles. The highest BCUT2D eigenvalue weighted by molar-refractivity contribution is 5.88. The number of rotatable bonds is 20. The molecule has 8 N–H and O–H groups in total. The number of hydrogen-bond acceptors (Lipinski definition) is 13. The lowest BCUT2D eigenvalue weighted by atomic mass is 9.45. The predicted octanol–water partition coefficient (Wildman–Crippen LogP) is -0.294. The number of ketones is 1. The van der Waals surface area contributed by atoms with Gasteiger partial charge in [0.05, 0.1) is 49.8 Å². The summed E-state index contributed by atoms with van der Waals surface area (Å²) in [6.07, 6.45) is 5.41. The van der Waals surface area contributed by atoms with Gasteiger partial charge in [-0.2, -0.15) is 5.26 Å². The van der Waals surface area contributed by atoms with Gasteiger partial charge in [0.25, 0.3) is 0 Å². The second-order valence-corrected chi connectivity index (χ2v) is 15.0. The fourth-order valence-corrected chi connectivity index (χ4v) is 9.40. The molecule has 1 aromatic heterocycles.